The smallest absolute Gasteiger partial charge is 0.120 e. The minimum absolute atomic E-state index is 0.240. The summed E-state index contributed by atoms with van der Waals surface area (Å²) in [4.78, 5) is 0. The fourth-order valence-corrected chi connectivity index (χ4v) is 2.62. The lowest BCUT2D eigenvalue weighted by Crippen LogP contribution is -2.18. The lowest BCUT2D eigenvalue weighted by Gasteiger charge is -2.16. The van der Waals surface area contributed by atoms with Crippen molar-refractivity contribution in [3.8, 4) is 5.75 Å². The van der Waals surface area contributed by atoms with Gasteiger partial charge in [-0.1, -0.05) is 60.7 Å². The van der Waals surface area contributed by atoms with Crippen LogP contribution >= 0.6 is 0 Å². The normalized spacial score (nSPS) is 12.4. The lowest BCUT2D eigenvalue weighted by molar-refractivity contribution is 0.462. The van der Waals surface area contributed by atoms with Crippen LogP contribution in [-0.4, -0.2) is 5.11 Å². The van der Waals surface area contributed by atoms with E-state index in [0.717, 1.165) is 16.3 Å². The third-order valence-corrected chi connectivity index (χ3v) is 3.90. The highest BCUT2D eigenvalue weighted by Gasteiger charge is 2.09. The topological polar surface area (TPSA) is 32.3 Å². The largest absolute Gasteiger partial charge is 0.508 e. The maximum Gasteiger partial charge on any atom is 0.120 e. The first kappa shape index (κ1) is 13.7. The fraction of sp³-hybridized carbons (Fsp3) is 0.158. The summed E-state index contributed by atoms with van der Waals surface area (Å²) in [5, 5.41) is 15.9. The number of aromatic hydroxyl groups is 1. The Morgan fingerprint density at radius 3 is 2.43 bits per heavy atom. The predicted octanol–water partition coefficient (Wildman–Crippen LogP) is 4.40. The molecule has 1 atom stereocenters. The number of phenols is 1. The molecule has 2 N–H and O–H groups in total. The van der Waals surface area contributed by atoms with Crippen LogP contribution in [0.3, 0.4) is 0 Å². The molecule has 0 aliphatic carbocycles. The quantitative estimate of drug-likeness (QED) is 0.741. The summed E-state index contributed by atoms with van der Waals surface area (Å²) in [5.74, 6) is 0.349. The maximum absolute atomic E-state index is 10.2. The van der Waals surface area contributed by atoms with Gasteiger partial charge in [0.1, 0.15) is 5.75 Å². The first-order chi connectivity index (χ1) is 10.3. The summed E-state index contributed by atoms with van der Waals surface area (Å²) in [7, 11) is 0. The molecule has 0 saturated carbocycles. The standard InChI is InChI=1S/C19H19NO/c1-14(15-7-3-2-4-8-15)20-13-18-17-10-6-5-9-16(17)11-12-19(18)21/h2-12,14,20-21H,13H2,1H3/t14-/m0/s1. The van der Waals surface area contributed by atoms with Gasteiger partial charge in [-0.3, -0.25) is 0 Å². The molecule has 0 radical (unpaired) electrons. The molecule has 0 aliphatic heterocycles. The molecule has 2 nitrogen and oxygen atoms in total. The number of hydrogen-bond acceptors (Lipinski definition) is 2. The number of fused-ring (bicyclic) bond motifs is 1. The zero-order valence-corrected chi connectivity index (χ0v) is 12.1. The van der Waals surface area contributed by atoms with Gasteiger partial charge in [0.25, 0.3) is 0 Å². The van der Waals surface area contributed by atoms with Gasteiger partial charge < -0.3 is 10.4 Å². The summed E-state index contributed by atoms with van der Waals surface area (Å²) < 4.78 is 0. The highest BCUT2D eigenvalue weighted by atomic mass is 16.3. The first-order valence-electron chi connectivity index (χ1n) is 7.23. The van der Waals surface area contributed by atoms with E-state index in [1.807, 2.05) is 36.4 Å². The number of benzene rings is 3. The van der Waals surface area contributed by atoms with E-state index in [0.29, 0.717) is 12.3 Å². The molecule has 0 aromatic heterocycles. The van der Waals surface area contributed by atoms with Crippen molar-refractivity contribution in [3.63, 3.8) is 0 Å². The summed E-state index contributed by atoms with van der Waals surface area (Å²) in [6.45, 7) is 2.78. The van der Waals surface area contributed by atoms with Crippen molar-refractivity contribution in [3.05, 3.63) is 77.9 Å². The molecule has 3 aromatic rings. The van der Waals surface area contributed by atoms with E-state index in [1.165, 1.54) is 5.56 Å². The Balaban J connectivity index is 1.84. The number of hydrogen-bond donors (Lipinski definition) is 2. The Bertz CT molecular complexity index is 737. The lowest BCUT2D eigenvalue weighted by atomic mass is 10.0. The zero-order chi connectivity index (χ0) is 14.7. The van der Waals surface area contributed by atoms with Crippen LogP contribution < -0.4 is 5.32 Å². The molecule has 0 fully saturated rings. The Hall–Kier alpha value is -2.32. The van der Waals surface area contributed by atoms with E-state index in [9.17, 15) is 5.11 Å². The van der Waals surface area contributed by atoms with Crippen LogP contribution in [-0.2, 0) is 6.54 Å². The van der Waals surface area contributed by atoms with Crippen molar-refractivity contribution >= 4 is 10.8 Å². The molecule has 0 bridgehead atoms. The number of phenolic OH excluding ortho intramolecular Hbond substituents is 1. The van der Waals surface area contributed by atoms with E-state index in [1.54, 1.807) is 6.07 Å². The van der Waals surface area contributed by atoms with Crippen LogP contribution in [0.25, 0.3) is 10.8 Å². The summed E-state index contributed by atoms with van der Waals surface area (Å²) in [5.41, 5.74) is 2.20. The second-order valence-electron chi connectivity index (χ2n) is 5.30. The van der Waals surface area contributed by atoms with Crippen molar-refractivity contribution < 1.29 is 5.11 Å². The highest BCUT2D eigenvalue weighted by Crippen LogP contribution is 2.27. The summed E-state index contributed by atoms with van der Waals surface area (Å²) in [6.07, 6.45) is 0. The van der Waals surface area contributed by atoms with Crippen molar-refractivity contribution in [1.82, 2.24) is 5.32 Å². The Morgan fingerprint density at radius 1 is 0.905 bits per heavy atom. The Kier molecular flexibility index (Phi) is 3.89. The van der Waals surface area contributed by atoms with Crippen LogP contribution in [0.5, 0.6) is 5.75 Å². The third-order valence-electron chi connectivity index (χ3n) is 3.90. The van der Waals surface area contributed by atoms with Crippen molar-refractivity contribution in [1.29, 1.82) is 0 Å². The van der Waals surface area contributed by atoms with E-state index < -0.39 is 0 Å². The minimum atomic E-state index is 0.240. The molecule has 0 aliphatic rings. The second-order valence-corrected chi connectivity index (χ2v) is 5.30. The van der Waals surface area contributed by atoms with Crippen LogP contribution in [0.15, 0.2) is 66.7 Å². The monoisotopic (exact) mass is 277 g/mol. The molecule has 2 heteroatoms. The third kappa shape index (κ3) is 2.91. The van der Waals surface area contributed by atoms with Crippen molar-refractivity contribution in [2.75, 3.05) is 0 Å². The SMILES string of the molecule is C[C@H](NCc1c(O)ccc2ccccc12)c1ccccc1. The van der Waals surface area contributed by atoms with E-state index in [-0.39, 0.29) is 6.04 Å². The zero-order valence-electron chi connectivity index (χ0n) is 12.1. The Labute approximate surface area is 125 Å². The van der Waals surface area contributed by atoms with Gasteiger partial charge in [-0.05, 0) is 29.3 Å². The van der Waals surface area contributed by atoms with Crippen LogP contribution in [0, 0.1) is 0 Å². The van der Waals surface area contributed by atoms with Gasteiger partial charge in [0, 0.05) is 18.2 Å². The minimum Gasteiger partial charge on any atom is -0.508 e. The molecule has 21 heavy (non-hydrogen) atoms. The first-order valence-corrected chi connectivity index (χ1v) is 7.23. The molecule has 0 saturated heterocycles. The molecule has 3 aromatic carbocycles. The van der Waals surface area contributed by atoms with Crippen molar-refractivity contribution in [2.45, 2.75) is 19.5 Å². The maximum atomic E-state index is 10.2. The molecular weight excluding hydrogens is 258 g/mol. The fourth-order valence-electron chi connectivity index (χ4n) is 2.62. The van der Waals surface area contributed by atoms with Gasteiger partial charge in [0.05, 0.1) is 0 Å². The van der Waals surface area contributed by atoms with Crippen LogP contribution in [0.2, 0.25) is 0 Å². The van der Waals surface area contributed by atoms with Gasteiger partial charge in [-0.2, -0.15) is 0 Å². The van der Waals surface area contributed by atoms with Gasteiger partial charge in [0.2, 0.25) is 0 Å². The van der Waals surface area contributed by atoms with Gasteiger partial charge in [-0.25, -0.2) is 0 Å². The molecule has 3 rings (SSSR count). The average molecular weight is 277 g/mol. The summed E-state index contributed by atoms with van der Waals surface area (Å²) >= 11 is 0. The molecule has 0 spiro atoms. The van der Waals surface area contributed by atoms with Gasteiger partial charge in [0.15, 0.2) is 0 Å². The molecular formula is C19H19NO. The van der Waals surface area contributed by atoms with Crippen LogP contribution in [0.4, 0.5) is 0 Å². The molecule has 0 amide bonds. The van der Waals surface area contributed by atoms with E-state index in [2.05, 4.69) is 36.5 Å². The van der Waals surface area contributed by atoms with E-state index in [4.69, 9.17) is 0 Å². The van der Waals surface area contributed by atoms with E-state index >= 15 is 0 Å². The average Bonchev–Trinajstić information content (AvgIpc) is 2.54. The van der Waals surface area contributed by atoms with Crippen molar-refractivity contribution in [2.24, 2.45) is 0 Å². The highest BCUT2D eigenvalue weighted by molar-refractivity contribution is 5.87. The number of nitrogens with one attached hydrogen (secondary N) is 1. The Morgan fingerprint density at radius 2 is 1.62 bits per heavy atom. The van der Waals surface area contributed by atoms with Gasteiger partial charge in [-0.15, -0.1) is 0 Å². The summed E-state index contributed by atoms with van der Waals surface area (Å²) in [6, 6.07) is 22.4. The molecule has 106 valence electrons. The number of rotatable bonds is 4. The second kappa shape index (κ2) is 5.98. The molecule has 0 unspecified atom stereocenters. The molecule has 0 heterocycles. The van der Waals surface area contributed by atoms with Gasteiger partial charge >= 0.3 is 0 Å². The predicted molar refractivity (Wildman–Crippen MR) is 87.3 cm³/mol. The van der Waals surface area contributed by atoms with Crippen LogP contribution in [0.1, 0.15) is 24.1 Å².